The Hall–Kier alpha value is -2.39. The molecule has 1 aromatic carbocycles. The average Bonchev–Trinajstić information content (AvgIpc) is 2.52. The first-order valence-corrected chi connectivity index (χ1v) is 8.07. The van der Waals surface area contributed by atoms with E-state index in [4.69, 9.17) is 16.0 Å². The van der Waals surface area contributed by atoms with E-state index in [2.05, 4.69) is 25.8 Å². The molecule has 0 spiro atoms. The maximum atomic E-state index is 12.5. The zero-order valence-electron chi connectivity index (χ0n) is 13.7. The van der Waals surface area contributed by atoms with Crippen molar-refractivity contribution in [3.05, 3.63) is 63.5 Å². The third kappa shape index (κ3) is 4.56. The van der Waals surface area contributed by atoms with Crippen LogP contribution in [0.1, 0.15) is 36.7 Å². The molecule has 1 aromatic heterocycles. The van der Waals surface area contributed by atoms with Gasteiger partial charge in [-0.2, -0.15) is 0 Å². The predicted octanol–water partition coefficient (Wildman–Crippen LogP) is 4.93. The highest BCUT2D eigenvalue weighted by Gasteiger charge is 2.26. The quantitative estimate of drug-likeness (QED) is 0.550. The second-order valence-electron chi connectivity index (χ2n) is 6.02. The number of hydrogen-bond donors (Lipinski definition) is 0. The Balaban J connectivity index is 2.35. The molecule has 0 saturated heterocycles. The van der Waals surface area contributed by atoms with Crippen LogP contribution in [0.5, 0.6) is 5.75 Å². The number of esters is 1. The van der Waals surface area contributed by atoms with Crippen LogP contribution in [0.15, 0.2) is 41.0 Å². The number of hydrogen-bond acceptors (Lipinski definition) is 4. The monoisotopic (exact) mass is 388 g/mol. The molecule has 0 amide bonds. The van der Waals surface area contributed by atoms with Crippen LogP contribution < -0.4 is 4.74 Å². The summed E-state index contributed by atoms with van der Waals surface area (Å²) in [5, 5.41) is 0. The van der Waals surface area contributed by atoms with Gasteiger partial charge in [-0.3, -0.25) is 0 Å². The molecule has 6 heteroatoms. The molecule has 0 bridgehead atoms. The molecule has 0 radical (unpaired) electrons. The first kappa shape index (κ1) is 18.0. The molecular weight excluding hydrogens is 372 g/mol. The molecule has 0 aliphatic rings. The Morgan fingerprint density at radius 1 is 1.29 bits per heavy atom. The highest BCUT2D eigenvalue weighted by atomic mass is 79.9. The molecule has 0 fully saturated rings. The lowest BCUT2D eigenvalue weighted by Gasteiger charge is -2.21. The maximum Gasteiger partial charge on any atom is 0.342 e. The van der Waals surface area contributed by atoms with Crippen LogP contribution in [0.2, 0.25) is 0 Å². The highest BCUT2D eigenvalue weighted by Crippen LogP contribution is 2.35. The fourth-order valence-electron chi connectivity index (χ4n) is 1.90. The minimum absolute atomic E-state index is 0.0860. The summed E-state index contributed by atoms with van der Waals surface area (Å²) < 4.78 is 11.4. The number of carbonyl (C=O) groups excluding carboxylic acids is 1. The van der Waals surface area contributed by atoms with Gasteiger partial charge in [0.05, 0.1) is 4.47 Å². The standard InChI is InChI=1S/C18H17BrN2O3/c1-18(2,3)24-17(22)14-13(10-21-16(20-4)15(14)19)23-11-12-8-6-5-7-9-12/h5-10H,11H2,1-3H3. The highest BCUT2D eigenvalue weighted by molar-refractivity contribution is 9.10. The van der Waals surface area contributed by atoms with Gasteiger partial charge in [0.1, 0.15) is 17.8 Å². The summed E-state index contributed by atoms with van der Waals surface area (Å²) in [6, 6.07) is 9.57. The summed E-state index contributed by atoms with van der Waals surface area (Å²) >= 11 is 3.27. The number of halogens is 1. The van der Waals surface area contributed by atoms with Crippen LogP contribution in [0, 0.1) is 6.57 Å². The summed E-state index contributed by atoms with van der Waals surface area (Å²) in [6.45, 7) is 12.8. The smallest absolute Gasteiger partial charge is 0.342 e. The molecule has 0 N–H and O–H groups in total. The van der Waals surface area contributed by atoms with Crippen molar-refractivity contribution in [2.45, 2.75) is 33.0 Å². The van der Waals surface area contributed by atoms with Crippen molar-refractivity contribution in [1.82, 2.24) is 4.98 Å². The Morgan fingerprint density at radius 2 is 1.96 bits per heavy atom. The van der Waals surface area contributed by atoms with Gasteiger partial charge in [-0.05, 0) is 26.3 Å². The number of ether oxygens (including phenoxy) is 2. The zero-order valence-corrected chi connectivity index (χ0v) is 15.3. The van der Waals surface area contributed by atoms with Gasteiger partial charge in [0.25, 0.3) is 5.82 Å². The average molecular weight is 389 g/mol. The second kappa shape index (κ2) is 7.45. The first-order valence-electron chi connectivity index (χ1n) is 7.28. The molecule has 0 saturated carbocycles. The molecule has 2 rings (SSSR count). The van der Waals surface area contributed by atoms with E-state index in [1.54, 1.807) is 20.8 Å². The van der Waals surface area contributed by atoms with Gasteiger partial charge in [-0.1, -0.05) is 52.8 Å². The van der Waals surface area contributed by atoms with Crippen molar-refractivity contribution < 1.29 is 14.3 Å². The SMILES string of the molecule is [C-]#[N+]c1ncc(OCc2ccccc2)c(C(=O)OC(C)(C)C)c1Br. The van der Waals surface area contributed by atoms with Crippen LogP contribution in [0.4, 0.5) is 5.82 Å². The fourth-order valence-corrected chi connectivity index (χ4v) is 2.45. The molecule has 0 unspecified atom stereocenters. The summed E-state index contributed by atoms with van der Waals surface area (Å²) in [6.07, 6.45) is 1.38. The Morgan fingerprint density at radius 3 is 2.54 bits per heavy atom. The molecule has 24 heavy (non-hydrogen) atoms. The van der Waals surface area contributed by atoms with Crippen LogP contribution in [-0.4, -0.2) is 16.6 Å². The van der Waals surface area contributed by atoms with E-state index in [0.717, 1.165) is 5.56 Å². The lowest BCUT2D eigenvalue weighted by molar-refractivity contribution is 0.00642. The zero-order chi connectivity index (χ0) is 17.7. The van der Waals surface area contributed by atoms with Crippen molar-refractivity contribution in [2.75, 3.05) is 0 Å². The summed E-state index contributed by atoms with van der Waals surface area (Å²) in [7, 11) is 0. The van der Waals surface area contributed by atoms with Crippen LogP contribution in [-0.2, 0) is 11.3 Å². The van der Waals surface area contributed by atoms with Gasteiger partial charge in [0, 0.05) is 0 Å². The number of nitrogens with zero attached hydrogens (tertiary/aromatic N) is 2. The Bertz CT molecular complexity index is 777. The van der Waals surface area contributed by atoms with Crippen molar-refractivity contribution >= 4 is 27.7 Å². The van der Waals surface area contributed by atoms with Crippen molar-refractivity contribution in [3.8, 4) is 5.75 Å². The van der Waals surface area contributed by atoms with E-state index >= 15 is 0 Å². The van der Waals surface area contributed by atoms with E-state index < -0.39 is 11.6 Å². The van der Waals surface area contributed by atoms with Gasteiger partial charge < -0.3 is 14.3 Å². The molecule has 124 valence electrons. The third-order valence-corrected chi connectivity index (χ3v) is 3.66. The number of rotatable bonds is 4. The van der Waals surface area contributed by atoms with Gasteiger partial charge in [0.15, 0.2) is 11.9 Å². The number of carbonyl (C=O) groups is 1. The second-order valence-corrected chi connectivity index (χ2v) is 6.82. The van der Waals surface area contributed by atoms with Crippen LogP contribution in [0.3, 0.4) is 0 Å². The van der Waals surface area contributed by atoms with Crippen molar-refractivity contribution in [2.24, 2.45) is 0 Å². The number of aromatic nitrogens is 1. The van der Waals surface area contributed by atoms with E-state index in [9.17, 15) is 4.79 Å². The van der Waals surface area contributed by atoms with E-state index in [1.165, 1.54) is 6.20 Å². The molecule has 5 nitrogen and oxygen atoms in total. The summed E-state index contributed by atoms with van der Waals surface area (Å²) in [5.74, 6) is -0.208. The number of benzene rings is 1. The van der Waals surface area contributed by atoms with Gasteiger partial charge >= 0.3 is 5.97 Å². The van der Waals surface area contributed by atoms with E-state index in [-0.39, 0.29) is 28.2 Å². The molecule has 0 atom stereocenters. The maximum absolute atomic E-state index is 12.5. The van der Waals surface area contributed by atoms with Crippen LogP contribution >= 0.6 is 15.9 Å². The lowest BCUT2D eigenvalue weighted by Crippen LogP contribution is -2.24. The predicted molar refractivity (Wildman–Crippen MR) is 94.1 cm³/mol. The number of pyridine rings is 1. The van der Waals surface area contributed by atoms with Gasteiger partial charge in [0.2, 0.25) is 0 Å². The third-order valence-electron chi connectivity index (χ3n) is 2.91. The minimum atomic E-state index is -0.658. The molecule has 0 aliphatic heterocycles. The lowest BCUT2D eigenvalue weighted by atomic mass is 10.1. The normalized spacial score (nSPS) is 10.8. The first-order chi connectivity index (χ1) is 11.3. The molecule has 0 aliphatic carbocycles. The van der Waals surface area contributed by atoms with Crippen molar-refractivity contribution in [1.29, 1.82) is 0 Å². The van der Waals surface area contributed by atoms with Gasteiger partial charge in [-0.15, -0.1) is 4.98 Å². The molecular formula is C18H17BrN2O3. The fraction of sp³-hybridized carbons (Fsp3) is 0.278. The van der Waals surface area contributed by atoms with Crippen molar-refractivity contribution in [3.63, 3.8) is 0 Å². The Labute approximate surface area is 149 Å². The summed E-state index contributed by atoms with van der Waals surface area (Å²) in [5.41, 5.74) is 0.467. The Kier molecular flexibility index (Phi) is 5.58. The van der Waals surface area contributed by atoms with E-state index in [0.29, 0.717) is 0 Å². The van der Waals surface area contributed by atoms with E-state index in [1.807, 2.05) is 30.3 Å². The topological polar surface area (TPSA) is 52.8 Å². The van der Waals surface area contributed by atoms with Gasteiger partial charge in [-0.25, -0.2) is 4.79 Å². The molecule has 1 heterocycles. The van der Waals surface area contributed by atoms with Crippen LogP contribution in [0.25, 0.3) is 4.85 Å². The summed E-state index contributed by atoms with van der Waals surface area (Å²) in [4.78, 5) is 19.8. The minimum Gasteiger partial charge on any atom is -0.484 e. The largest absolute Gasteiger partial charge is 0.484 e. The molecule has 2 aromatic rings.